The van der Waals surface area contributed by atoms with Crippen molar-refractivity contribution in [2.24, 2.45) is 0 Å². The molecule has 0 N–H and O–H groups in total. The van der Waals surface area contributed by atoms with E-state index in [1.807, 2.05) is 12.1 Å². The Hall–Kier alpha value is -0.650. The van der Waals surface area contributed by atoms with Crippen molar-refractivity contribution in [3.05, 3.63) is 30.1 Å². The first-order valence-electron chi connectivity index (χ1n) is 6.60. The summed E-state index contributed by atoms with van der Waals surface area (Å²) in [6.45, 7) is 0.621. The van der Waals surface area contributed by atoms with Crippen molar-refractivity contribution in [1.29, 1.82) is 0 Å². The van der Waals surface area contributed by atoms with Gasteiger partial charge < -0.3 is 0 Å². The van der Waals surface area contributed by atoms with Gasteiger partial charge in [-0.3, -0.25) is 4.98 Å². The molecule has 1 unspecified atom stereocenters. The van der Waals surface area contributed by atoms with Crippen LogP contribution < -0.4 is 0 Å². The van der Waals surface area contributed by atoms with Crippen LogP contribution in [-0.2, 0) is 10.0 Å². The third kappa shape index (κ3) is 3.68. The summed E-state index contributed by atoms with van der Waals surface area (Å²) in [4.78, 5) is 3.98. The van der Waals surface area contributed by atoms with Crippen LogP contribution in [0.4, 0.5) is 0 Å². The highest BCUT2D eigenvalue weighted by Gasteiger charge is 2.34. The normalized spacial score (nSPS) is 20.8. The molecule has 1 saturated heterocycles. The fourth-order valence-corrected chi connectivity index (χ4v) is 4.50. The molecule has 1 aliphatic rings. The lowest BCUT2D eigenvalue weighted by Gasteiger charge is -2.24. The summed E-state index contributed by atoms with van der Waals surface area (Å²) in [7, 11) is -3.18. The second-order valence-electron chi connectivity index (χ2n) is 4.76. The van der Waals surface area contributed by atoms with Crippen LogP contribution in [0, 0.1) is 0 Å². The average Bonchev–Trinajstić information content (AvgIpc) is 2.90. The summed E-state index contributed by atoms with van der Waals surface area (Å²) in [5.41, 5.74) is 1.04. The van der Waals surface area contributed by atoms with Crippen LogP contribution in [0.5, 0.6) is 0 Å². The van der Waals surface area contributed by atoms with Gasteiger partial charge >= 0.3 is 0 Å². The molecule has 2 rings (SSSR count). The maximum atomic E-state index is 12.4. The molecule has 1 aromatic rings. The molecule has 0 aliphatic carbocycles. The third-order valence-electron chi connectivity index (χ3n) is 3.44. The molecule has 19 heavy (non-hydrogen) atoms. The predicted octanol–water partition coefficient (Wildman–Crippen LogP) is 2.57. The van der Waals surface area contributed by atoms with Crippen molar-refractivity contribution >= 4 is 21.6 Å². The molecular weight excluding hydrogens is 284 g/mol. The summed E-state index contributed by atoms with van der Waals surface area (Å²) in [5, 5.41) is 0. The van der Waals surface area contributed by atoms with Crippen molar-refractivity contribution in [3.63, 3.8) is 0 Å². The van der Waals surface area contributed by atoms with Gasteiger partial charge in [0, 0.05) is 30.9 Å². The van der Waals surface area contributed by atoms with Gasteiger partial charge in [0.05, 0.1) is 5.75 Å². The van der Waals surface area contributed by atoms with Gasteiger partial charge in [0.2, 0.25) is 10.0 Å². The molecular formula is C13H19ClN2O2S. The van der Waals surface area contributed by atoms with E-state index in [0.717, 1.165) is 24.8 Å². The van der Waals surface area contributed by atoms with E-state index in [9.17, 15) is 8.42 Å². The Bertz CT molecular complexity index is 493. The number of pyridine rings is 1. The summed E-state index contributed by atoms with van der Waals surface area (Å²) in [6, 6.07) is 3.78. The van der Waals surface area contributed by atoms with E-state index in [1.54, 1.807) is 16.7 Å². The molecule has 4 nitrogen and oxygen atoms in total. The third-order valence-corrected chi connectivity index (χ3v) is 5.66. The number of nitrogens with zero attached hydrogens (tertiary/aromatic N) is 2. The first kappa shape index (κ1) is 14.8. The van der Waals surface area contributed by atoms with Gasteiger partial charge in [0.1, 0.15) is 0 Å². The van der Waals surface area contributed by atoms with Crippen molar-refractivity contribution < 1.29 is 8.42 Å². The van der Waals surface area contributed by atoms with Crippen LogP contribution in [0.15, 0.2) is 24.5 Å². The van der Waals surface area contributed by atoms with Crippen molar-refractivity contribution in [2.75, 3.05) is 18.2 Å². The molecule has 0 bridgehead atoms. The number of sulfonamides is 1. The van der Waals surface area contributed by atoms with Crippen molar-refractivity contribution in [3.8, 4) is 0 Å². The Morgan fingerprint density at radius 3 is 2.74 bits per heavy atom. The largest absolute Gasteiger partial charge is 0.265 e. The highest BCUT2D eigenvalue weighted by atomic mass is 35.5. The lowest BCUT2D eigenvalue weighted by atomic mass is 10.1. The Morgan fingerprint density at radius 1 is 1.32 bits per heavy atom. The highest BCUT2D eigenvalue weighted by molar-refractivity contribution is 7.89. The fourth-order valence-electron chi connectivity index (χ4n) is 2.49. The predicted molar refractivity (Wildman–Crippen MR) is 76.7 cm³/mol. The monoisotopic (exact) mass is 302 g/mol. The standard InChI is InChI=1S/C13H19ClN2O2S/c14-7-1-2-11-19(17,18)16-10-3-4-13(16)12-5-8-15-9-6-12/h5-6,8-9,13H,1-4,7,10-11H2. The van der Waals surface area contributed by atoms with Gasteiger partial charge in [-0.15, -0.1) is 11.6 Å². The average molecular weight is 303 g/mol. The van der Waals surface area contributed by atoms with Crippen LogP contribution in [0.2, 0.25) is 0 Å². The minimum Gasteiger partial charge on any atom is -0.265 e. The van der Waals surface area contributed by atoms with Crippen LogP contribution in [-0.4, -0.2) is 35.9 Å². The summed E-state index contributed by atoms with van der Waals surface area (Å²) in [6.07, 6.45) is 6.61. The maximum Gasteiger partial charge on any atom is 0.214 e. The molecule has 0 spiro atoms. The van der Waals surface area contributed by atoms with Crippen molar-refractivity contribution in [2.45, 2.75) is 31.7 Å². The van der Waals surface area contributed by atoms with Crippen molar-refractivity contribution in [1.82, 2.24) is 9.29 Å². The van der Waals surface area contributed by atoms with E-state index in [1.165, 1.54) is 0 Å². The van der Waals surface area contributed by atoms with Gasteiger partial charge in [-0.25, -0.2) is 8.42 Å². The first-order valence-corrected chi connectivity index (χ1v) is 8.75. The zero-order valence-electron chi connectivity index (χ0n) is 10.8. The molecule has 1 aliphatic heterocycles. The lowest BCUT2D eigenvalue weighted by molar-refractivity contribution is 0.395. The van der Waals surface area contributed by atoms with E-state index < -0.39 is 10.0 Å². The van der Waals surface area contributed by atoms with Gasteiger partial charge in [0.15, 0.2) is 0 Å². The second kappa shape index (κ2) is 6.68. The Morgan fingerprint density at radius 2 is 2.05 bits per heavy atom. The zero-order chi connectivity index (χ0) is 13.7. The molecule has 0 radical (unpaired) electrons. The molecule has 0 saturated carbocycles. The van der Waals surface area contributed by atoms with Crippen LogP contribution in [0.3, 0.4) is 0 Å². The Labute approximate surface area is 119 Å². The first-order chi connectivity index (χ1) is 9.15. The fraction of sp³-hybridized carbons (Fsp3) is 0.615. The molecule has 6 heteroatoms. The second-order valence-corrected chi connectivity index (χ2v) is 7.18. The number of aromatic nitrogens is 1. The minimum atomic E-state index is -3.18. The maximum absolute atomic E-state index is 12.4. The zero-order valence-corrected chi connectivity index (χ0v) is 12.4. The topological polar surface area (TPSA) is 50.3 Å². The molecule has 0 amide bonds. The number of rotatable bonds is 6. The number of hydrogen-bond donors (Lipinski definition) is 0. The smallest absolute Gasteiger partial charge is 0.214 e. The van der Waals surface area contributed by atoms with Gasteiger partial charge in [-0.2, -0.15) is 4.31 Å². The molecule has 2 heterocycles. The lowest BCUT2D eigenvalue weighted by Crippen LogP contribution is -2.32. The van der Waals surface area contributed by atoms with E-state index in [-0.39, 0.29) is 11.8 Å². The molecule has 1 aromatic heterocycles. The minimum absolute atomic E-state index is 0.0241. The van der Waals surface area contributed by atoms with Gasteiger partial charge in [0.25, 0.3) is 0 Å². The summed E-state index contributed by atoms with van der Waals surface area (Å²) < 4.78 is 26.4. The van der Waals surface area contributed by atoms with Gasteiger partial charge in [-0.05, 0) is 43.4 Å². The van der Waals surface area contributed by atoms with Crippen LogP contribution >= 0.6 is 11.6 Å². The van der Waals surface area contributed by atoms with Crippen LogP contribution in [0.1, 0.15) is 37.3 Å². The highest BCUT2D eigenvalue weighted by Crippen LogP contribution is 2.34. The van der Waals surface area contributed by atoms with E-state index in [4.69, 9.17) is 11.6 Å². The molecule has 106 valence electrons. The Balaban J connectivity index is 2.10. The van der Waals surface area contributed by atoms with E-state index in [0.29, 0.717) is 18.8 Å². The molecule has 1 fully saturated rings. The number of halogens is 1. The van der Waals surface area contributed by atoms with E-state index in [2.05, 4.69) is 4.98 Å². The number of hydrogen-bond acceptors (Lipinski definition) is 3. The SMILES string of the molecule is O=S(=O)(CCCCCl)N1CCCC1c1ccncc1. The molecule has 0 aromatic carbocycles. The van der Waals surface area contributed by atoms with E-state index >= 15 is 0 Å². The summed E-state index contributed by atoms with van der Waals surface area (Å²) >= 11 is 5.60. The van der Waals surface area contributed by atoms with Gasteiger partial charge in [-0.1, -0.05) is 0 Å². The number of unbranched alkanes of at least 4 members (excludes halogenated alkanes) is 1. The van der Waals surface area contributed by atoms with Crippen LogP contribution in [0.25, 0.3) is 0 Å². The molecule has 1 atom stereocenters. The summed E-state index contributed by atoms with van der Waals surface area (Å²) in [5.74, 6) is 0.713. The quantitative estimate of drug-likeness (QED) is 0.599. The Kier molecular flexibility index (Phi) is 5.19. The number of alkyl halides is 1.